The van der Waals surface area contributed by atoms with E-state index in [9.17, 15) is 9.90 Å². The average Bonchev–Trinajstić information content (AvgIpc) is 2.54. The Kier molecular flexibility index (Phi) is 8.53. The summed E-state index contributed by atoms with van der Waals surface area (Å²) in [6.07, 6.45) is -1.15. The molecule has 0 radical (unpaired) electrons. The Morgan fingerprint density at radius 2 is 1.76 bits per heavy atom. The van der Waals surface area contributed by atoms with Crippen LogP contribution in [0, 0.1) is 11.5 Å². The van der Waals surface area contributed by atoms with Crippen LogP contribution in [-0.2, 0) is 20.3 Å². The molecule has 1 N–H and O–H groups in total. The lowest BCUT2D eigenvalue weighted by Gasteiger charge is -2.33. The fourth-order valence-electron chi connectivity index (χ4n) is 2.61. The van der Waals surface area contributed by atoms with Crippen molar-refractivity contribution in [2.45, 2.75) is 58.2 Å². The van der Waals surface area contributed by atoms with Crippen LogP contribution in [0.4, 0.5) is 0 Å². The van der Waals surface area contributed by atoms with Crippen molar-refractivity contribution >= 4 is 13.9 Å². The maximum atomic E-state index is 12.2. The highest BCUT2D eigenvalue weighted by atomic mass is 28.3. The van der Waals surface area contributed by atoms with Crippen LogP contribution in [0.5, 0.6) is 0 Å². The summed E-state index contributed by atoms with van der Waals surface area (Å²) >= 11 is 0. The Morgan fingerprint density at radius 3 is 2.28 bits per heavy atom. The first kappa shape index (κ1) is 21.6. The zero-order valence-electron chi connectivity index (χ0n) is 16.0. The summed E-state index contributed by atoms with van der Waals surface area (Å²) in [5.74, 6) is 1.26. The number of hydrogen-bond acceptors (Lipinski definition) is 4. The van der Waals surface area contributed by atoms with Gasteiger partial charge in [0, 0.05) is 13.2 Å². The van der Waals surface area contributed by atoms with Gasteiger partial charge in [0.05, 0.1) is 6.42 Å². The number of rotatable bonds is 9. The van der Waals surface area contributed by atoms with Crippen LogP contribution in [0.2, 0.25) is 13.1 Å². The van der Waals surface area contributed by atoms with Crippen molar-refractivity contribution in [1.29, 1.82) is 0 Å². The van der Waals surface area contributed by atoms with Crippen LogP contribution in [0.25, 0.3) is 0 Å². The molecule has 0 aliphatic heterocycles. The Labute approximate surface area is 152 Å². The number of carbonyl (C=O) groups excluding carboxylic acids is 1. The highest BCUT2D eigenvalue weighted by Gasteiger charge is 2.35. The standard InChI is InChI=1S/C20H30O4Si/c1-6-23-20(3,24-7-2)19(22)15-18(21)13-14-25(4,5)16-17-11-9-8-10-12-17/h8-12,19,22H,6-7,15-16H2,1-5H3/t19-/m1/s1. The topological polar surface area (TPSA) is 55.8 Å². The monoisotopic (exact) mass is 362 g/mol. The van der Waals surface area contributed by atoms with Gasteiger partial charge in [0.2, 0.25) is 5.78 Å². The summed E-state index contributed by atoms with van der Waals surface area (Å²) in [6, 6.07) is 11.1. The second-order valence-corrected chi connectivity index (χ2v) is 11.2. The van der Waals surface area contributed by atoms with E-state index in [1.165, 1.54) is 5.56 Å². The third-order valence-electron chi connectivity index (χ3n) is 3.88. The smallest absolute Gasteiger partial charge is 0.207 e. The van der Waals surface area contributed by atoms with Gasteiger partial charge in [0.1, 0.15) is 14.2 Å². The molecule has 0 heterocycles. The van der Waals surface area contributed by atoms with E-state index in [-0.39, 0.29) is 12.2 Å². The van der Waals surface area contributed by atoms with Gasteiger partial charge in [0.25, 0.3) is 0 Å². The quantitative estimate of drug-likeness (QED) is 0.417. The number of ether oxygens (including phenoxy) is 2. The van der Waals surface area contributed by atoms with Crippen LogP contribution < -0.4 is 0 Å². The first-order chi connectivity index (χ1) is 11.7. The maximum Gasteiger partial charge on any atom is 0.207 e. The van der Waals surface area contributed by atoms with Gasteiger partial charge in [-0.15, -0.1) is 5.54 Å². The van der Waals surface area contributed by atoms with Gasteiger partial charge in [-0.05, 0) is 38.3 Å². The Morgan fingerprint density at radius 1 is 1.20 bits per heavy atom. The van der Waals surface area contributed by atoms with Gasteiger partial charge < -0.3 is 14.6 Å². The molecule has 1 atom stereocenters. The molecule has 1 rings (SSSR count). The van der Waals surface area contributed by atoms with Crippen LogP contribution in [-0.4, -0.2) is 44.1 Å². The predicted molar refractivity (Wildman–Crippen MR) is 103 cm³/mol. The summed E-state index contributed by atoms with van der Waals surface area (Å²) in [7, 11) is -1.86. The molecule has 1 aromatic carbocycles. The maximum absolute atomic E-state index is 12.2. The molecule has 0 bridgehead atoms. The lowest BCUT2D eigenvalue weighted by Crippen LogP contribution is -2.45. The Hall–Kier alpha value is -1.45. The molecule has 1 aromatic rings. The summed E-state index contributed by atoms with van der Waals surface area (Å²) in [5, 5.41) is 10.3. The molecule has 5 heteroatoms. The minimum absolute atomic E-state index is 0.0979. The van der Waals surface area contributed by atoms with Gasteiger partial charge in [0.15, 0.2) is 5.79 Å². The fraction of sp³-hybridized carbons (Fsp3) is 0.550. The third-order valence-corrected chi connectivity index (χ3v) is 5.97. The van der Waals surface area contributed by atoms with Crippen molar-refractivity contribution in [2.24, 2.45) is 0 Å². The highest BCUT2D eigenvalue weighted by molar-refractivity contribution is 6.84. The Balaban J connectivity index is 2.70. The third kappa shape index (κ3) is 7.53. The number of carbonyl (C=O) groups is 1. The van der Waals surface area contributed by atoms with Crippen molar-refractivity contribution < 1.29 is 19.4 Å². The Bertz CT molecular complexity index is 595. The van der Waals surface area contributed by atoms with E-state index in [1.807, 2.05) is 32.0 Å². The predicted octanol–water partition coefficient (Wildman–Crippen LogP) is 3.13. The molecule has 0 saturated heterocycles. The molecule has 0 unspecified atom stereocenters. The average molecular weight is 363 g/mol. The molecule has 0 aliphatic carbocycles. The molecular formula is C20H30O4Si. The summed E-state index contributed by atoms with van der Waals surface area (Å²) in [6.45, 7) is 10.4. The molecule has 0 spiro atoms. The summed E-state index contributed by atoms with van der Waals surface area (Å²) < 4.78 is 11.0. The number of aliphatic hydroxyl groups is 1. The number of aliphatic hydroxyl groups excluding tert-OH is 1. The van der Waals surface area contributed by atoms with Crippen LogP contribution in [0.3, 0.4) is 0 Å². The molecule has 138 valence electrons. The van der Waals surface area contributed by atoms with Gasteiger partial charge in [-0.2, -0.15) is 0 Å². The van der Waals surface area contributed by atoms with E-state index in [2.05, 4.69) is 36.7 Å². The molecule has 0 amide bonds. The van der Waals surface area contributed by atoms with Gasteiger partial charge in [-0.1, -0.05) is 43.4 Å². The highest BCUT2D eigenvalue weighted by Crippen LogP contribution is 2.20. The molecule has 4 nitrogen and oxygen atoms in total. The van der Waals surface area contributed by atoms with Crippen molar-refractivity contribution in [3.05, 3.63) is 35.9 Å². The minimum atomic E-state index is -1.86. The second kappa shape index (κ2) is 9.88. The van der Waals surface area contributed by atoms with Crippen molar-refractivity contribution in [3.63, 3.8) is 0 Å². The number of ketones is 1. The summed E-state index contributed by atoms with van der Waals surface area (Å²) in [5.41, 5.74) is 4.41. The van der Waals surface area contributed by atoms with E-state index in [0.29, 0.717) is 13.2 Å². The fourth-order valence-corrected chi connectivity index (χ4v) is 4.43. The van der Waals surface area contributed by atoms with Gasteiger partial charge in [-0.3, -0.25) is 4.79 Å². The van der Waals surface area contributed by atoms with E-state index in [1.54, 1.807) is 6.92 Å². The molecule has 0 fully saturated rings. The first-order valence-corrected chi connectivity index (χ1v) is 12.0. The van der Waals surface area contributed by atoms with E-state index in [4.69, 9.17) is 9.47 Å². The second-order valence-electron chi connectivity index (χ2n) is 6.82. The lowest BCUT2D eigenvalue weighted by molar-refractivity contribution is -0.268. The van der Waals surface area contributed by atoms with Crippen molar-refractivity contribution in [3.8, 4) is 11.5 Å². The van der Waals surface area contributed by atoms with Crippen LogP contribution in [0.1, 0.15) is 32.8 Å². The molecular weight excluding hydrogens is 332 g/mol. The van der Waals surface area contributed by atoms with E-state index in [0.717, 1.165) is 6.04 Å². The first-order valence-electron chi connectivity index (χ1n) is 8.78. The summed E-state index contributed by atoms with van der Waals surface area (Å²) in [4.78, 5) is 12.2. The number of hydrogen-bond donors (Lipinski definition) is 1. The van der Waals surface area contributed by atoms with Crippen molar-refractivity contribution in [2.75, 3.05) is 13.2 Å². The van der Waals surface area contributed by atoms with Gasteiger partial charge >= 0.3 is 0 Å². The lowest BCUT2D eigenvalue weighted by atomic mass is 10.1. The molecule has 0 aliphatic rings. The normalized spacial score (nSPS) is 13.0. The largest absolute Gasteiger partial charge is 0.387 e. The molecule has 0 saturated carbocycles. The zero-order chi connectivity index (χ0) is 18.9. The van der Waals surface area contributed by atoms with Crippen LogP contribution >= 0.6 is 0 Å². The zero-order valence-corrected chi connectivity index (χ0v) is 17.0. The van der Waals surface area contributed by atoms with E-state index >= 15 is 0 Å². The molecule has 25 heavy (non-hydrogen) atoms. The SMILES string of the molecule is CCOC(C)(OCC)[C@H](O)CC(=O)C#C[Si](C)(C)Cc1ccccc1. The number of benzene rings is 1. The van der Waals surface area contributed by atoms with Gasteiger partial charge in [-0.25, -0.2) is 0 Å². The van der Waals surface area contributed by atoms with Crippen molar-refractivity contribution in [1.82, 2.24) is 0 Å². The number of Topliss-reactive ketones (excluding diaryl/α,β-unsaturated/α-hetero) is 1. The minimum Gasteiger partial charge on any atom is -0.387 e. The van der Waals surface area contributed by atoms with Crippen LogP contribution in [0.15, 0.2) is 30.3 Å². The van der Waals surface area contributed by atoms with E-state index < -0.39 is 20.0 Å². The molecule has 0 aromatic heterocycles.